The van der Waals surface area contributed by atoms with Crippen LogP contribution in [0.4, 0.5) is 0 Å². The molecule has 124 valence electrons. The summed E-state index contributed by atoms with van der Waals surface area (Å²) in [6.45, 7) is 17.1. The summed E-state index contributed by atoms with van der Waals surface area (Å²) in [5.74, 6) is 4.97. The second-order valence-corrected chi connectivity index (χ2v) is 10.9. The highest BCUT2D eigenvalue weighted by molar-refractivity contribution is 7.39. The highest BCUT2D eigenvalue weighted by Crippen LogP contribution is 2.65. The fourth-order valence-electron chi connectivity index (χ4n) is 5.10. The predicted octanol–water partition coefficient (Wildman–Crippen LogP) is 6.59. The quantitative estimate of drug-likeness (QED) is 0.422. The minimum atomic E-state index is 0.739. The number of hydrogen-bond donors (Lipinski definition) is 0. The lowest BCUT2D eigenvalue weighted by atomic mass is 9.88. The molecule has 0 aromatic rings. The summed E-state index contributed by atoms with van der Waals surface area (Å²) in [6.07, 6.45) is 7.38. The molecule has 0 bridgehead atoms. The van der Waals surface area contributed by atoms with Gasteiger partial charge in [0.2, 0.25) is 0 Å². The van der Waals surface area contributed by atoms with Crippen LogP contribution in [0, 0.1) is 35.0 Å². The van der Waals surface area contributed by atoms with Crippen molar-refractivity contribution in [1.29, 1.82) is 0 Å². The Bertz CT molecular complexity index is 335. The topological polar surface area (TPSA) is 0 Å². The molecule has 0 aliphatic heterocycles. The summed E-state index contributed by atoms with van der Waals surface area (Å²) in [7, 11) is 1.23. The molecule has 0 N–H and O–H groups in total. The van der Waals surface area contributed by atoms with Gasteiger partial charge in [0.25, 0.3) is 0 Å². The third kappa shape index (κ3) is 4.04. The third-order valence-corrected chi connectivity index (χ3v) is 8.76. The fourth-order valence-corrected chi connectivity index (χ4v) is 7.35. The van der Waals surface area contributed by atoms with Crippen LogP contribution in [-0.2, 0) is 0 Å². The highest BCUT2D eigenvalue weighted by atomic mass is 31.1. The van der Waals surface area contributed by atoms with Crippen molar-refractivity contribution in [2.45, 2.75) is 91.9 Å². The molecule has 7 unspecified atom stereocenters. The summed E-state index contributed by atoms with van der Waals surface area (Å²) < 4.78 is 0. The maximum atomic E-state index is 2.56. The van der Waals surface area contributed by atoms with E-state index in [1.54, 1.807) is 0 Å². The Kier molecular flexibility index (Phi) is 5.84. The molecule has 0 nitrogen and oxygen atoms in total. The van der Waals surface area contributed by atoms with Crippen molar-refractivity contribution in [1.82, 2.24) is 0 Å². The summed E-state index contributed by atoms with van der Waals surface area (Å²) >= 11 is 0. The van der Waals surface area contributed by atoms with Crippen LogP contribution in [0.3, 0.4) is 0 Å². The van der Waals surface area contributed by atoms with Crippen LogP contribution in [-0.4, -0.2) is 11.3 Å². The van der Waals surface area contributed by atoms with Crippen molar-refractivity contribution < 1.29 is 0 Å². The van der Waals surface area contributed by atoms with Crippen molar-refractivity contribution in [2.24, 2.45) is 35.0 Å². The van der Waals surface area contributed by atoms with Crippen molar-refractivity contribution in [2.75, 3.05) is 0 Å². The Morgan fingerprint density at radius 3 is 2.14 bits per heavy atom. The molecule has 21 heavy (non-hydrogen) atoms. The average molecular weight is 311 g/mol. The largest absolute Gasteiger partial charge is 0.115 e. The standard InChI is InChI=1S/C20H39P/c1-8-19(18-12-20(18,9-2)11-13(3)4)21-15(7)17-10-16(17)14(5)6/h13-19,21H,8-12H2,1-7H3. The van der Waals surface area contributed by atoms with Crippen molar-refractivity contribution >= 4 is 8.58 Å². The van der Waals surface area contributed by atoms with Crippen molar-refractivity contribution in [3.63, 3.8) is 0 Å². The Hall–Kier alpha value is 0.430. The summed E-state index contributed by atoms with van der Waals surface area (Å²) in [4.78, 5) is 0. The van der Waals surface area contributed by atoms with E-state index in [0.29, 0.717) is 0 Å². The Balaban J connectivity index is 1.87. The van der Waals surface area contributed by atoms with Crippen molar-refractivity contribution in [3.05, 3.63) is 0 Å². The second-order valence-electron chi connectivity index (χ2n) is 8.90. The Labute approximate surface area is 136 Å². The van der Waals surface area contributed by atoms with Gasteiger partial charge >= 0.3 is 0 Å². The molecule has 7 atom stereocenters. The third-order valence-electron chi connectivity index (χ3n) is 6.56. The molecule has 0 heterocycles. The van der Waals surface area contributed by atoms with E-state index in [4.69, 9.17) is 0 Å². The van der Waals surface area contributed by atoms with Gasteiger partial charge in [-0.15, -0.1) is 8.58 Å². The van der Waals surface area contributed by atoms with Crippen LogP contribution in [0.1, 0.15) is 80.6 Å². The van der Waals surface area contributed by atoms with Gasteiger partial charge in [0.05, 0.1) is 0 Å². The molecule has 2 aliphatic carbocycles. The molecule has 2 aliphatic rings. The SMILES string of the molecule is CCC(PC(C)C1CC1C(C)C)C1CC1(CC)CC(C)C. The molecule has 0 amide bonds. The van der Waals surface area contributed by atoms with Crippen LogP contribution >= 0.6 is 8.58 Å². The van der Waals surface area contributed by atoms with Gasteiger partial charge < -0.3 is 0 Å². The van der Waals surface area contributed by atoms with E-state index >= 15 is 0 Å². The minimum Gasteiger partial charge on any atom is -0.115 e. The number of rotatable bonds is 9. The summed E-state index contributed by atoms with van der Waals surface area (Å²) in [5.41, 5.74) is 2.77. The zero-order chi connectivity index (χ0) is 15.8. The van der Waals surface area contributed by atoms with Crippen LogP contribution in [0.2, 0.25) is 0 Å². The maximum Gasteiger partial charge on any atom is -0.0203 e. The first-order valence-electron chi connectivity index (χ1n) is 9.60. The number of hydrogen-bond acceptors (Lipinski definition) is 0. The van der Waals surface area contributed by atoms with E-state index in [-0.39, 0.29) is 0 Å². The average Bonchev–Trinajstić information content (AvgIpc) is 3.29. The van der Waals surface area contributed by atoms with Gasteiger partial charge in [-0.25, -0.2) is 0 Å². The fraction of sp³-hybridized carbons (Fsp3) is 1.00. The van der Waals surface area contributed by atoms with Gasteiger partial charge in [0, 0.05) is 0 Å². The van der Waals surface area contributed by atoms with E-state index in [0.717, 1.165) is 46.3 Å². The van der Waals surface area contributed by atoms with Crippen LogP contribution in [0.15, 0.2) is 0 Å². The summed E-state index contributed by atoms with van der Waals surface area (Å²) in [5, 5.41) is 0. The van der Waals surface area contributed by atoms with Gasteiger partial charge in [0.1, 0.15) is 0 Å². The van der Waals surface area contributed by atoms with Crippen LogP contribution < -0.4 is 0 Å². The van der Waals surface area contributed by atoms with Gasteiger partial charge in [-0.05, 0) is 72.0 Å². The van der Waals surface area contributed by atoms with Gasteiger partial charge in [-0.3, -0.25) is 0 Å². The second kappa shape index (κ2) is 6.90. The van der Waals surface area contributed by atoms with E-state index in [1.165, 1.54) is 40.7 Å². The smallest absolute Gasteiger partial charge is 0.0203 e. The van der Waals surface area contributed by atoms with E-state index in [1.807, 2.05) is 0 Å². The zero-order valence-corrected chi connectivity index (χ0v) is 16.6. The van der Waals surface area contributed by atoms with Gasteiger partial charge in [-0.1, -0.05) is 54.9 Å². The molecular weight excluding hydrogens is 271 g/mol. The van der Waals surface area contributed by atoms with Crippen LogP contribution in [0.5, 0.6) is 0 Å². The molecule has 0 aromatic heterocycles. The minimum absolute atomic E-state index is 0.739. The maximum absolute atomic E-state index is 2.56. The van der Waals surface area contributed by atoms with Crippen LogP contribution in [0.25, 0.3) is 0 Å². The lowest BCUT2D eigenvalue weighted by molar-refractivity contribution is 0.339. The molecule has 0 spiro atoms. The highest BCUT2D eigenvalue weighted by Gasteiger charge is 2.55. The monoisotopic (exact) mass is 310 g/mol. The molecule has 0 radical (unpaired) electrons. The molecule has 2 rings (SSSR count). The first-order chi connectivity index (χ1) is 9.84. The summed E-state index contributed by atoms with van der Waals surface area (Å²) in [6, 6.07) is 0. The Morgan fingerprint density at radius 2 is 1.71 bits per heavy atom. The van der Waals surface area contributed by atoms with E-state index in [9.17, 15) is 0 Å². The lowest BCUT2D eigenvalue weighted by Crippen LogP contribution is -2.16. The molecule has 1 heteroatoms. The van der Waals surface area contributed by atoms with E-state index in [2.05, 4.69) is 48.5 Å². The van der Waals surface area contributed by atoms with E-state index < -0.39 is 0 Å². The zero-order valence-electron chi connectivity index (χ0n) is 15.6. The molecule has 0 saturated heterocycles. The van der Waals surface area contributed by atoms with Gasteiger partial charge in [0.15, 0.2) is 0 Å². The van der Waals surface area contributed by atoms with Gasteiger partial charge in [-0.2, -0.15) is 0 Å². The molecule has 0 aromatic carbocycles. The first kappa shape index (κ1) is 17.8. The van der Waals surface area contributed by atoms with Crippen molar-refractivity contribution in [3.8, 4) is 0 Å². The normalized spacial score (nSPS) is 38.4. The molecule has 2 fully saturated rings. The lowest BCUT2D eigenvalue weighted by Gasteiger charge is -2.25. The molecule has 2 saturated carbocycles. The predicted molar refractivity (Wildman–Crippen MR) is 98.6 cm³/mol. The first-order valence-corrected chi connectivity index (χ1v) is 10.8. The Morgan fingerprint density at radius 1 is 1.05 bits per heavy atom. The molecular formula is C20H39P.